The Balaban J connectivity index is 2.79. The van der Waals surface area contributed by atoms with Gasteiger partial charge < -0.3 is 10.1 Å². The van der Waals surface area contributed by atoms with Gasteiger partial charge in [-0.15, -0.1) is 0 Å². The van der Waals surface area contributed by atoms with Crippen molar-refractivity contribution in [2.45, 2.75) is 32.8 Å². The Labute approximate surface area is 119 Å². The van der Waals surface area contributed by atoms with Crippen molar-refractivity contribution in [2.75, 3.05) is 18.9 Å². The maximum Gasteiger partial charge on any atom is 0.412 e. The maximum absolute atomic E-state index is 11.8. The predicted molar refractivity (Wildman–Crippen MR) is 78.9 cm³/mol. The molecule has 5 heteroatoms. The first kappa shape index (κ1) is 15.8. The summed E-state index contributed by atoms with van der Waals surface area (Å²) in [5, 5.41) is 6.48. The molecule has 1 aromatic rings. The summed E-state index contributed by atoms with van der Waals surface area (Å²) in [5.41, 5.74) is 1.20. The van der Waals surface area contributed by atoms with Gasteiger partial charge in [-0.05, 0) is 64.5 Å². The Morgan fingerprint density at radius 3 is 2.63 bits per heavy atom. The molecule has 0 atom stereocenters. The number of hydrogen-bond donors (Lipinski definition) is 2. The molecule has 0 heterocycles. The summed E-state index contributed by atoms with van der Waals surface area (Å²) < 4.78 is 5.23. The molecule has 0 radical (unpaired) electrons. The van der Waals surface area contributed by atoms with E-state index in [-0.39, 0.29) is 0 Å². The molecule has 0 unspecified atom stereocenters. The first-order valence-corrected chi connectivity index (χ1v) is 6.62. The van der Waals surface area contributed by atoms with E-state index < -0.39 is 11.7 Å². The smallest absolute Gasteiger partial charge is 0.412 e. The van der Waals surface area contributed by atoms with Gasteiger partial charge >= 0.3 is 6.09 Å². The lowest BCUT2D eigenvalue weighted by molar-refractivity contribution is 0.0636. The van der Waals surface area contributed by atoms with E-state index in [1.54, 1.807) is 12.1 Å². The van der Waals surface area contributed by atoms with E-state index >= 15 is 0 Å². The summed E-state index contributed by atoms with van der Waals surface area (Å²) in [4.78, 5) is 11.8. The molecule has 19 heavy (non-hydrogen) atoms. The van der Waals surface area contributed by atoms with Crippen molar-refractivity contribution in [3.05, 3.63) is 28.8 Å². The zero-order chi connectivity index (χ0) is 14.5. The van der Waals surface area contributed by atoms with Crippen molar-refractivity contribution in [1.82, 2.24) is 5.32 Å². The summed E-state index contributed by atoms with van der Waals surface area (Å²) in [6, 6.07) is 5.39. The Morgan fingerprint density at radius 2 is 2.05 bits per heavy atom. The summed E-state index contributed by atoms with van der Waals surface area (Å²) in [5.74, 6) is 0. The Hall–Kier alpha value is -1.26. The number of carbonyl (C=O) groups excluding carboxylic acids is 1. The third kappa shape index (κ3) is 5.94. The van der Waals surface area contributed by atoms with Crippen LogP contribution in [0, 0.1) is 0 Å². The molecule has 0 spiro atoms. The molecule has 1 aromatic carbocycles. The molecule has 0 saturated carbocycles. The van der Waals surface area contributed by atoms with E-state index in [0.29, 0.717) is 5.02 Å². The fourth-order valence-corrected chi connectivity index (χ4v) is 1.76. The van der Waals surface area contributed by atoms with E-state index in [9.17, 15) is 4.79 Å². The number of hydrogen-bond acceptors (Lipinski definition) is 3. The van der Waals surface area contributed by atoms with E-state index in [4.69, 9.17) is 16.3 Å². The zero-order valence-corrected chi connectivity index (χ0v) is 12.6. The molecule has 0 aromatic heterocycles. The first-order valence-electron chi connectivity index (χ1n) is 6.25. The van der Waals surface area contributed by atoms with Gasteiger partial charge in [0.25, 0.3) is 0 Å². The third-order valence-corrected chi connectivity index (χ3v) is 2.58. The van der Waals surface area contributed by atoms with Gasteiger partial charge in [0, 0.05) is 10.7 Å². The van der Waals surface area contributed by atoms with Crippen LogP contribution in [0.15, 0.2) is 18.2 Å². The van der Waals surface area contributed by atoms with Crippen LogP contribution in [-0.2, 0) is 11.2 Å². The molecule has 1 rings (SSSR count). The predicted octanol–water partition coefficient (Wildman–Crippen LogP) is 3.45. The number of benzene rings is 1. The molecular weight excluding hydrogens is 264 g/mol. The molecule has 2 N–H and O–H groups in total. The minimum atomic E-state index is -0.512. The second-order valence-corrected chi connectivity index (χ2v) is 5.72. The average molecular weight is 285 g/mol. The first-order chi connectivity index (χ1) is 8.81. The zero-order valence-electron chi connectivity index (χ0n) is 11.8. The Morgan fingerprint density at radius 1 is 1.37 bits per heavy atom. The van der Waals surface area contributed by atoms with Gasteiger partial charge in [-0.1, -0.05) is 11.6 Å². The van der Waals surface area contributed by atoms with E-state index in [0.717, 1.165) is 24.2 Å². The van der Waals surface area contributed by atoms with Crippen LogP contribution in [0.5, 0.6) is 0 Å². The third-order valence-electron chi connectivity index (χ3n) is 2.35. The van der Waals surface area contributed by atoms with Gasteiger partial charge in [0.05, 0.1) is 0 Å². The number of amides is 1. The quantitative estimate of drug-likeness (QED) is 0.890. The van der Waals surface area contributed by atoms with Crippen molar-refractivity contribution in [1.29, 1.82) is 0 Å². The van der Waals surface area contributed by atoms with Crippen LogP contribution in [0.1, 0.15) is 26.3 Å². The van der Waals surface area contributed by atoms with Crippen LogP contribution < -0.4 is 10.6 Å². The number of anilines is 1. The Bertz CT molecular complexity index is 442. The molecule has 0 fully saturated rings. The van der Waals surface area contributed by atoms with Crippen LogP contribution in [0.4, 0.5) is 10.5 Å². The van der Waals surface area contributed by atoms with Gasteiger partial charge in [0.2, 0.25) is 0 Å². The summed E-state index contributed by atoms with van der Waals surface area (Å²) in [6.45, 7) is 6.30. The van der Waals surface area contributed by atoms with Gasteiger partial charge in [-0.25, -0.2) is 4.79 Å². The SMILES string of the molecule is CNCCc1cc(Cl)ccc1NC(=O)OC(C)(C)C. The second-order valence-electron chi connectivity index (χ2n) is 5.28. The van der Waals surface area contributed by atoms with E-state index in [1.165, 1.54) is 0 Å². The van der Waals surface area contributed by atoms with Crippen LogP contribution in [0.3, 0.4) is 0 Å². The van der Waals surface area contributed by atoms with Crippen LogP contribution >= 0.6 is 11.6 Å². The molecule has 0 bridgehead atoms. The molecule has 0 aliphatic carbocycles. The molecule has 1 amide bonds. The lowest BCUT2D eigenvalue weighted by Crippen LogP contribution is -2.27. The molecule has 106 valence electrons. The number of rotatable bonds is 4. The minimum Gasteiger partial charge on any atom is -0.444 e. The molecule has 0 saturated heterocycles. The monoisotopic (exact) mass is 284 g/mol. The van der Waals surface area contributed by atoms with Gasteiger partial charge in [0.15, 0.2) is 0 Å². The Kier molecular flexibility index (Phi) is 5.63. The standard InChI is InChI=1S/C14H21ClN2O2/c1-14(2,3)19-13(18)17-12-6-5-11(15)9-10(12)7-8-16-4/h5-6,9,16H,7-8H2,1-4H3,(H,17,18). The summed E-state index contributed by atoms with van der Waals surface area (Å²) in [6.07, 6.45) is 0.322. The molecular formula is C14H21ClN2O2. The highest BCUT2D eigenvalue weighted by Crippen LogP contribution is 2.22. The van der Waals surface area contributed by atoms with E-state index in [1.807, 2.05) is 33.9 Å². The van der Waals surface area contributed by atoms with Crippen molar-refractivity contribution < 1.29 is 9.53 Å². The van der Waals surface area contributed by atoms with Crippen LogP contribution in [0.2, 0.25) is 5.02 Å². The maximum atomic E-state index is 11.8. The van der Waals surface area contributed by atoms with Gasteiger partial charge in [-0.2, -0.15) is 0 Å². The molecule has 0 aliphatic rings. The lowest BCUT2D eigenvalue weighted by atomic mass is 10.1. The summed E-state index contributed by atoms with van der Waals surface area (Å²) in [7, 11) is 1.88. The number of carbonyl (C=O) groups is 1. The van der Waals surface area contributed by atoms with Crippen molar-refractivity contribution in [3.8, 4) is 0 Å². The normalized spacial score (nSPS) is 11.2. The van der Waals surface area contributed by atoms with Crippen molar-refractivity contribution >= 4 is 23.4 Å². The minimum absolute atomic E-state index is 0.458. The molecule has 0 aliphatic heterocycles. The summed E-state index contributed by atoms with van der Waals surface area (Å²) >= 11 is 5.97. The van der Waals surface area contributed by atoms with E-state index in [2.05, 4.69) is 10.6 Å². The van der Waals surface area contributed by atoms with Gasteiger partial charge in [0.1, 0.15) is 5.60 Å². The lowest BCUT2D eigenvalue weighted by Gasteiger charge is -2.20. The van der Waals surface area contributed by atoms with Crippen LogP contribution in [-0.4, -0.2) is 25.3 Å². The fraction of sp³-hybridized carbons (Fsp3) is 0.500. The van der Waals surface area contributed by atoms with Crippen LogP contribution in [0.25, 0.3) is 0 Å². The largest absolute Gasteiger partial charge is 0.444 e. The average Bonchev–Trinajstić information content (AvgIpc) is 2.27. The van der Waals surface area contributed by atoms with Crippen molar-refractivity contribution in [3.63, 3.8) is 0 Å². The highest BCUT2D eigenvalue weighted by Gasteiger charge is 2.17. The van der Waals surface area contributed by atoms with Gasteiger partial charge in [-0.3, -0.25) is 5.32 Å². The highest BCUT2D eigenvalue weighted by molar-refractivity contribution is 6.30. The van der Waals surface area contributed by atoms with Crippen molar-refractivity contribution in [2.24, 2.45) is 0 Å². The topological polar surface area (TPSA) is 50.4 Å². The highest BCUT2D eigenvalue weighted by atomic mass is 35.5. The number of ether oxygens (including phenoxy) is 1. The molecule has 4 nitrogen and oxygen atoms in total. The number of nitrogens with one attached hydrogen (secondary N) is 2. The number of likely N-dealkylation sites (N-methyl/N-ethyl adjacent to an activating group) is 1. The fourth-order valence-electron chi connectivity index (χ4n) is 1.56. The second kappa shape index (κ2) is 6.78. The number of halogens is 1.